The molecule has 0 saturated heterocycles. The molecule has 0 saturated carbocycles. The maximum absolute atomic E-state index is 12.6. The molecule has 0 aromatic heterocycles. The minimum Gasteiger partial charge on any atom is -0.376 e. The third-order valence-corrected chi connectivity index (χ3v) is 5.03. The van der Waals surface area contributed by atoms with Crippen molar-refractivity contribution in [2.24, 2.45) is 5.92 Å². The summed E-state index contributed by atoms with van der Waals surface area (Å²) in [5.74, 6) is -0.680. The van der Waals surface area contributed by atoms with Gasteiger partial charge in [0.05, 0.1) is 0 Å². The van der Waals surface area contributed by atoms with Crippen LogP contribution in [0.1, 0.15) is 60.2 Å². The Morgan fingerprint density at radius 2 is 1.83 bits per heavy atom. The molecule has 1 aromatic carbocycles. The highest BCUT2D eigenvalue weighted by molar-refractivity contribution is 7.88. The first-order chi connectivity index (χ1) is 10.8. The van der Waals surface area contributed by atoms with Crippen molar-refractivity contribution in [3.63, 3.8) is 0 Å². The third kappa shape index (κ3) is 3.29. The number of hydrogen-bond acceptors (Lipinski definition) is 4. The fourth-order valence-electron chi connectivity index (χ4n) is 3.17. The quantitative estimate of drug-likeness (QED) is 0.598. The summed E-state index contributed by atoms with van der Waals surface area (Å²) in [4.78, 5) is 12.3. The van der Waals surface area contributed by atoms with Crippen LogP contribution in [0.5, 0.6) is 5.75 Å². The fourth-order valence-corrected chi connectivity index (χ4v) is 3.64. The van der Waals surface area contributed by atoms with Crippen LogP contribution in [0.15, 0.2) is 6.07 Å². The van der Waals surface area contributed by atoms with E-state index in [0.717, 1.165) is 0 Å². The fraction of sp³-hybridized carbons (Fsp3) is 0.562. The summed E-state index contributed by atoms with van der Waals surface area (Å²) in [7, 11) is -5.76. The summed E-state index contributed by atoms with van der Waals surface area (Å²) in [6.07, 6.45) is 0.866. The predicted molar refractivity (Wildman–Crippen MR) is 82.7 cm³/mol. The molecule has 4 nitrogen and oxygen atoms in total. The van der Waals surface area contributed by atoms with E-state index >= 15 is 0 Å². The van der Waals surface area contributed by atoms with Gasteiger partial charge in [-0.15, -0.1) is 0 Å². The molecule has 0 spiro atoms. The number of rotatable bonds is 3. The average molecular weight is 364 g/mol. The van der Waals surface area contributed by atoms with Crippen LogP contribution in [0.4, 0.5) is 13.2 Å². The molecule has 0 fully saturated rings. The zero-order chi connectivity index (χ0) is 18.4. The van der Waals surface area contributed by atoms with Crippen LogP contribution < -0.4 is 4.18 Å². The van der Waals surface area contributed by atoms with E-state index in [1.807, 2.05) is 6.92 Å². The Hall–Kier alpha value is -1.57. The van der Waals surface area contributed by atoms with E-state index in [1.165, 1.54) is 6.07 Å². The van der Waals surface area contributed by atoms with Crippen LogP contribution >= 0.6 is 0 Å². The predicted octanol–water partition coefficient (Wildman–Crippen LogP) is 4.11. The SMILES string of the molecule is Cc1cc(OS(=O)(=O)C(F)(F)F)c(C(C)C)c2c1C(=O)CC(C)C2. The summed E-state index contributed by atoms with van der Waals surface area (Å²) < 4.78 is 65.1. The summed E-state index contributed by atoms with van der Waals surface area (Å²) in [6.45, 7) is 6.90. The molecule has 0 N–H and O–H groups in total. The Bertz CT molecular complexity index is 779. The van der Waals surface area contributed by atoms with Crippen LogP contribution in [0, 0.1) is 12.8 Å². The molecule has 1 atom stereocenters. The first-order valence-electron chi connectivity index (χ1n) is 7.55. The van der Waals surface area contributed by atoms with E-state index in [9.17, 15) is 26.4 Å². The van der Waals surface area contributed by atoms with E-state index in [-0.39, 0.29) is 23.4 Å². The van der Waals surface area contributed by atoms with Gasteiger partial charge in [-0.2, -0.15) is 21.6 Å². The van der Waals surface area contributed by atoms with Gasteiger partial charge in [-0.3, -0.25) is 4.79 Å². The lowest BCUT2D eigenvalue weighted by atomic mass is 9.77. The van der Waals surface area contributed by atoms with E-state index in [0.29, 0.717) is 35.1 Å². The van der Waals surface area contributed by atoms with Crippen molar-refractivity contribution in [1.29, 1.82) is 0 Å². The molecular formula is C16H19F3O4S. The molecule has 1 aliphatic carbocycles. The van der Waals surface area contributed by atoms with Gasteiger partial charge >= 0.3 is 15.6 Å². The Kier molecular flexibility index (Phi) is 4.74. The van der Waals surface area contributed by atoms with E-state index in [4.69, 9.17) is 0 Å². The lowest BCUT2D eigenvalue weighted by Gasteiger charge is -2.28. The number of alkyl halides is 3. The Balaban J connectivity index is 2.69. The molecule has 8 heteroatoms. The maximum atomic E-state index is 12.6. The molecular weight excluding hydrogens is 345 g/mol. The number of carbonyl (C=O) groups excluding carboxylic acids is 1. The average Bonchev–Trinajstić information content (AvgIpc) is 2.34. The van der Waals surface area contributed by atoms with Crippen LogP contribution in [0.25, 0.3) is 0 Å². The standard InChI is InChI=1S/C16H19F3O4S/c1-8(2)14-11-5-9(3)6-12(20)15(11)10(4)7-13(14)23-24(21,22)16(17,18)19/h7-9H,5-6H2,1-4H3. The molecule has 0 aliphatic heterocycles. The van der Waals surface area contributed by atoms with Gasteiger partial charge in [0.2, 0.25) is 0 Å². The van der Waals surface area contributed by atoms with Crippen molar-refractivity contribution in [1.82, 2.24) is 0 Å². The summed E-state index contributed by atoms with van der Waals surface area (Å²) >= 11 is 0. The van der Waals surface area contributed by atoms with Gasteiger partial charge in [-0.05, 0) is 42.4 Å². The lowest BCUT2D eigenvalue weighted by Crippen LogP contribution is -2.29. The Morgan fingerprint density at radius 3 is 2.33 bits per heavy atom. The number of Topliss-reactive ketones (excluding diaryl/α,β-unsaturated/α-hetero) is 1. The minimum absolute atomic E-state index is 0.0383. The normalized spacial score (nSPS) is 18.7. The zero-order valence-electron chi connectivity index (χ0n) is 13.8. The van der Waals surface area contributed by atoms with E-state index < -0.39 is 15.6 Å². The van der Waals surface area contributed by atoms with Crippen molar-refractivity contribution in [2.75, 3.05) is 0 Å². The van der Waals surface area contributed by atoms with Crippen LogP contribution in [-0.4, -0.2) is 19.7 Å². The van der Waals surface area contributed by atoms with Crippen molar-refractivity contribution >= 4 is 15.9 Å². The summed E-state index contributed by atoms with van der Waals surface area (Å²) in [6, 6.07) is 1.21. The number of hydrogen-bond donors (Lipinski definition) is 0. The maximum Gasteiger partial charge on any atom is 0.534 e. The molecule has 0 heterocycles. The van der Waals surface area contributed by atoms with Crippen molar-refractivity contribution < 1.29 is 30.6 Å². The molecule has 0 bridgehead atoms. The van der Waals surface area contributed by atoms with Crippen LogP contribution in [0.3, 0.4) is 0 Å². The summed E-state index contributed by atoms with van der Waals surface area (Å²) in [5, 5.41) is 0. The lowest BCUT2D eigenvalue weighted by molar-refractivity contribution is -0.0500. The van der Waals surface area contributed by atoms with Gasteiger partial charge in [-0.25, -0.2) is 0 Å². The summed E-state index contributed by atoms with van der Waals surface area (Å²) in [5.41, 5.74) is -3.65. The molecule has 1 aliphatic rings. The molecule has 0 amide bonds. The third-order valence-electron chi connectivity index (χ3n) is 4.06. The van der Waals surface area contributed by atoms with E-state index in [2.05, 4.69) is 4.18 Å². The van der Waals surface area contributed by atoms with Crippen molar-refractivity contribution in [3.8, 4) is 5.75 Å². The van der Waals surface area contributed by atoms with Gasteiger partial charge < -0.3 is 4.18 Å². The first kappa shape index (κ1) is 18.8. The molecule has 0 radical (unpaired) electrons. The first-order valence-corrected chi connectivity index (χ1v) is 8.96. The number of benzene rings is 1. The Labute approximate surface area is 139 Å². The molecule has 134 valence electrons. The number of carbonyl (C=O) groups is 1. The molecule has 1 unspecified atom stereocenters. The van der Waals surface area contributed by atoms with Crippen LogP contribution in [0.2, 0.25) is 0 Å². The highest BCUT2D eigenvalue weighted by Crippen LogP contribution is 2.41. The number of halogens is 3. The second-order valence-corrected chi connectivity index (χ2v) is 8.07. The van der Waals surface area contributed by atoms with Crippen molar-refractivity contribution in [3.05, 3.63) is 28.3 Å². The van der Waals surface area contributed by atoms with Gasteiger partial charge in [0.25, 0.3) is 0 Å². The minimum atomic E-state index is -5.76. The van der Waals surface area contributed by atoms with Gasteiger partial charge in [0, 0.05) is 17.5 Å². The monoisotopic (exact) mass is 364 g/mol. The van der Waals surface area contributed by atoms with Crippen molar-refractivity contribution in [2.45, 2.75) is 52.0 Å². The molecule has 2 rings (SSSR count). The van der Waals surface area contributed by atoms with Crippen LogP contribution in [-0.2, 0) is 16.5 Å². The highest BCUT2D eigenvalue weighted by atomic mass is 32.2. The molecule has 24 heavy (non-hydrogen) atoms. The van der Waals surface area contributed by atoms with Gasteiger partial charge in [0.15, 0.2) is 5.78 Å². The molecule has 1 aromatic rings. The van der Waals surface area contributed by atoms with Gasteiger partial charge in [-0.1, -0.05) is 20.8 Å². The zero-order valence-corrected chi connectivity index (χ0v) is 14.6. The Morgan fingerprint density at radius 1 is 1.25 bits per heavy atom. The number of fused-ring (bicyclic) bond motifs is 1. The van der Waals surface area contributed by atoms with Gasteiger partial charge in [0.1, 0.15) is 5.75 Å². The number of ketones is 1. The second-order valence-electron chi connectivity index (χ2n) is 6.53. The second kappa shape index (κ2) is 6.06. The smallest absolute Gasteiger partial charge is 0.376 e. The van der Waals surface area contributed by atoms with E-state index in [1.54, 1.807) is 20.8 Å². The highest BCUT2D eigenvalue weighted by Gasteiger charge is 2.49. The largest absolute Gasteiger partial charge is 0.534 e. The topological polar surface area (TPSA) is 60.4 Å². The number of aryl methyl sites for hydroxylation is 1.